The van der Waals surface area contributed by atoms with Crippen molar-refractivity contribution in [2.24, 2.45) is 0 Å². The van der Waals surface area contributed by atoms with Gasteiger partial charge in [-0.2, -0.15) is 0 Å². The zero-order valence-electron chi connectivity index (χ0n) is 7.91. The summed E-state index contributed by atoms with van der Waals surface area (Å²) >= 11 is 0. The fourth-order valence-corrected chi connectivity index (χ4v) is 1.30. The van der Waals surface area contributed by atoms with Crippen molar-refractivity contribution in [3.63, 3.8) is 0 Å². The van der Waals surface area contributed by atoms with E-state index in [1.807, 2.05) is 0 Å². The molecule has 0 N–H and O–H groups in total. The van der Waals surface area contributed by atoms with E-state index < -0.39 is 5.82 Å². The molecule has 4 heteroatoms. The van der Waals surface area contributed by atoms with E-state index in [4.69, 9.17) is 4.74 Å². The number of nitrogens with zero attached hydrogens (tertiary/aromatic N) is 2. The molecule has 0 aliphatic carbocycles. The van der Waals surface area contributed by atoms with Crippen LogP contribution in [0.3, 0.4) is 0 Å². The molecule has 0 aliphatic heterocycles. The molecule has 0 fully saturated rings. The number of hydrogen-bond acceptors (Lipinski definition) is 3. The number of rotatable bonds is 1. The normalized spacial score (nSPS) is 10.5. The lowest BCUT2D eigenvalue weighted by Crippen LogP contribution is -1.93. The van der Waals surface area contributed by atoms with Gasteiger partial charge in [-0.3, -0.25) is 0 Å². The van der Waals surface area contributed by atoms with Crippen LogP contribution in [-0.4, -0.2) is 17.1 Å². The van der Waals surface area contributed by atoms with Crippen LogP contribution in [0.2, 0.25) is 0 Å². The first-order valence-electron chi connectivity index (χ1n) is 4.18. The van der Waals surface area contributed by atoms with Gasteiger partial charge >= 0.3 is 0 Å². The van der Waals surface area contributed by atoms with E-state index in [2.05, 4.69) is 9.97 Å². The van der Waals surface area contributed by atoms with E-state index in [0.29, 0.717) is 16.7 Å². The van der Waals surface area contributed by atoms with Crippen LogP contribution in [0, 0.1) is 12.7 Å². The quantitative estimate of drug-likeness (QED) is 0.693. The van der Waals surface area contributed by atoms with Crippen molar-refractivity contribution in [3.05, 3.63) is 30.0 Å². The van der Waals surface area contributed by atoms with Crippen LogP contribution in [0.4, 0.5) is 4.39 Å². The first kappa shape index (κ1) is 8.87. The second kappa shape index (κ2) is 3.21. The van der Waals surface area contributed by atoms with Gasteiger partial charge < -0.3 is 4.74 Å². The summed E-state index contributed by atoms with van der Waals surface area (Å²) < 4.78 is 18.4. The Morgan fingerprint density at radius 1 is 1.36 bits per heavy atom. The third-order valence-corrected chi connectivity index (χ3v) is 2.00. The Hall–Kier alpha value is -1.71. The first-order chi connectivity index (χ1) is 6.72. The number of benzene rings is 1. The van der Waals surface area contributed by atoms with E-state index >= 15 is 0 Å². The molecule has 0 radical (unpaired) electrons. The molecule has 2 aromatic rings. The minimum Gasteiger partial charge on any atom is -0.494 e. The van der Waals surface area contributed by atoms with Crippen molar-refractivity contribution in [3.8, 4) is 5.75 Å². The molecule has 0 atom stereocenters. The average molecular weight is 192 g/mol. The number of aromatic nitrogens is 2. The van der Waals surface area contributed by atoms with E-state index in [-0.39, 0.29) is 5.75 Å². The first-order valence-corrected chi connectivity index (χ1v) is 4.18. The van der Waals surface area contributed by atoms with Gasteiger partial charge in [0.15, 0.2) is 11.6 Å². The van der Waals surface area contributed by atoms with Gasteiger partial charge in [0, 0.05) is 6.20 Å². The third-order valence-electron chi connectivity index (χ3n) is 2.00. The van der Waals surface area contributed by atoms with Crippen LogP contribution in [0.25, 0.3) is 10.9 Å². The summed E-state index contributed by atoms with van der Waals surface area (Å²) in [5.41, 5.74) is 0.593. The van der Waals surface area contributed by atoms with Gasteiger partial charge in [0.2, 0.25) is 0 Å². The average Bonchev–Trinajstić information content (AvgIpc) is 2.18. The van der Waals surface area contributed by atoms with Crippen LogP contribution in [0.15, 0.2) is 18.3 Å². The standard InChI is InChI=1S/C10H9FN2O/c1-6-12-5-7-8(13-6)3-4-9(14-2)10(7)11/h3-5H,1-2H3. The molecule has 1 aromatic carbocycles. The lowest BCUT2D eigenvalue weighted by Gasteiger charge is -2.04. The Morgan fingerprint density at radius 2 is 2.14 bits per heavy atom. The van der Waals surface area contributed by atoms with E-state index in [1.54, 1.807) is 19.1 Å². The number of ether oxygens (including phenoxy) is 1. The van der Waals surface area contributed by atoms with Crippen molar-refractivity contribution >= 4 is 10.9 Å². The van der Waals surface area contributed by atoms with Gasteiger partial charge in [0.05, 0.1) is 18.0 Å². The van der Waals surface area contributed by atoms with E-state index in [9.17, 15) is 4.39 Å². The van der Waals surface area contributed by atoms with Gasteiger partial charge in [-0.05, 0) is 19.1 Å². The van der Waals surface area contributed by atoms with Crippen molar-refractivity contribution in [1.29, 1.82) is 0 Å². The predicted molar refractivity (Wildman–Crippen MR) is 50.8 cm³/mol. The SMILES string of the molecule is COc1ccc2nc(C)ncc2c1F. The summed E-state index contributed by atoms with van der Waals surface area (Å²) in [6, 6.07) is 3.27. The molecule has 1 aromatic heterocycles. The maximum absolute atomic E-state index is 13.6. The zero-order chi connectivity index (χ0) is 10.1. The molecule has 0 amide bonds. The highest BCUT2D eigenvalue weighted by Crippen LogP contribution is 2.24. The molecule has 0 aliphatic rings. The van der Waals surface area contributed by atoms with Gasteiger partial charge in [0.25, 0.3) is 0 Å². The molecule has 0 spiro atoms. The summed E-state index contributed by atoms with van der Waals surface area (Å²) in [7, 11) is 1.43. The summed E-state index contributed by atoms with van der Waals surface area (Å²) in [5, 5.41) is 0.384. The summed E-state index contributed by atoms with van der Waals surface area (Å²) in [6.45, 7) is 1.77. The van der Waals surface area contributed by atoms with Crippen LogP contribution >= 0.6 is 0 Å². The molecule has 14 heavy (non-hydrogen) atoms. The lowest BCUT2D eigenvalue weighted by molar-refractivity contribution is 0.389. The van der Waals surface area contributed by atoms with Crippen LogP contribution in [-0.2, 0) is 0 Å². The van der Waals surface area contributed by atoms with Gasteiger partial charge in [0.1, 0.15) is 5.82 Å². The minimum absolute atomic E-state index is 0.213. The topological polar surface area (TPSA) is 35.0 Å². The molecular formula is C10H9FN2O. The molecule has 2 rings (SSSR count). The molecule has 1 heterocycles. The largest absolute Gasteiger partial charge is 0.494 e. The van der Waals surface area contributed by atoms with E-state index in [0.717, 1.165) is 0 Å². The second-order valence-electron chi connectivity index (χ2n) is 2.93. The van der Waals surface area contributed by atoms with E-state index in [1.165, 1.54) is 13.3 Å². The van der Waals surface area contributed by atoms with Crippen molar-refractivity contribution < 1.29 is 9.13 Å². The molecule has 72 valence electrons. The third kappa shape index (κ3) is 1.28. The number of methoxy groups -OCH3 is 1. The highest BCUT2D eigenvalue weighted by Gasteiger charge is 2.08. The number of halogens is 1. The highest BCUT2D eigenvalue weighted by atomic mass is 19.1. The molecule has 0 unspecified atom stereocenters. The van der Waals surface area contributed by atoms with Gasteiger partial charge in [-0.15, -0.1) is 0 Å². The van der Waals surface area contributed by atoms with Crippen LogP contribution < -0.4 is 4.74 Å². The maximum Gasteiger partial charge on any atom is 0.175 e. The Bertz CT molecular complexity index is 485. The molecule has 0 bridgehead atoms. The molecule has 0 saturated heterocycles. The summed E-state index contributed by atoms with van der Waals surface area (Å²) in [6.07, 6.45) is 1.47. The van der Waals surface area contributed by atoms with Crippen molar-refractivity contribution in [2.75, 3.05) is 7.11 Å². The monoisotopic (exact) mass is 192 g/mol. The zero-order valence-corrected chi connectivity index (χ0v) is 7.91. The second-order valence-corrected chi connectivity index (χ2v) is 2.93. The lowest BCUT2D eigenvalue weighted by atomic mass is 10.2. The Balaban J connectivity index is 2.77. The molecule has 0 saturated carbocycles. The van der Waals surface area contributed by atoms with Crippen LogP contribution in [0.5, 0.6) is 5.75 Å². The molecular weight excluding hydrogens is 183 g/mol. The predicted octanol–water partition coefficient (Wildman–Crippen LogP) is 2.09. The van der Waals surface area contributed by atoms with Gasteiger partial charge in [-0.1, -0.05) is 0 Å². The molecule has 3 nitrogen and oxygen atoms in total. The maximum atomic E-state index is 13.6. The van der Waals surface area contributed by atoms with Crippen molar-refractivity contribution in [1.82, 2.24) is 9.97 Å². The summed E-state index contributed by atoms with van der Waals surface area (Å²) in [4.78, 5) is 8.04. The smallest absolute Gasteiger partial charge is 0.175 e. The fraction of sp³-hybridized carbons (Fsp3) is 0.200. The number of aryl methyl sites for hydroxylation is 1. The minimum atomic E-state index is -0.412. The summed E-state index contributed by atoms with van der Waals surface area (Å²) in [5.74, 6) is 0.428. The Labute approximate surface area is 80.6 Å². The Kier molecular flexibility index (Phi) is 2.04. The van der Waals surface area contributed by atoms with Gasteiger partial charge in [-0.25, -0.2) is 14.4 Å². The van der Waals surface area contributed by atoms with Crippen molar-refractivity contribution in [2.45, 2.75) is 6.92 Å². The Morgan fingerprint density at radius 3 is 2.86 bits per heavy atom. The number of fused-ring (bicyclic) bond motifs is 1. The number of hydrogen-bond donors (Lipinski definition) is 0. The van der Waals surface area contributed by atoms with Crippen LogP contribution in [0.1, 0.15) is 5.82 Å². The highest BCUT2D eigenvalue weighted by molar-refractivity contribution is 5.80. The fourth-order valence-electron chi connectivity index (χ4n) is 1.30.